The largest absolute Gasteiger partial charge is 0.232 e. The number of benzene rings is 1. The molecule has 4 nitrogen and oxygen atoms in total. The SMILES string of the molecule is Cc1ccc(-c2nc(C34CCC(CC3)CC4)cc(C34CCC(CC3)CC4)n2)cc1-c1cc[n+](C)n1C. The van der Waals surface area contributed by atoms with Gasteiger partial charge in [-0.3, -0.25) is 0 Å². The summed E-state index contributed by atoms with van der Waals surface area (Å²) in [6.45, 7) is 2.22. The van der Waals surface area contributed by atoms with E-state index in [4.69, 9.17) is 9.97 Å². The first-order valence-electron chi connectivity index (χ1n) is 14.5. The van der Waals surface area contributed by atoms with Gasteiger partial charge in [-0.05, 0) is 114 Å². The Morgan fingerprint density at radius 3 is 1.78 bits per heavy atom. The van der Waals surface area contributed by atoms with E-state index >= 15 is 0 Å². The predicted octanol–water partition coefficient (Wildman–Crippen LogP) is 6.73. The number of nitrogens with zero attached hydrogens (tertiary/aromatic N) is 4. The molecule has 2 heterocycles. The minimum Gasteiger partial charge on any atom is -0.232 e. The number of hydrogen-bond donors (Lipinski definition) is 0. The second-order valence-electron chi connectivity index (χ2n) is 12.8. The molecule has 3 aromatic rings. The molecule has 0 aliphatic heterocycles. The Bertz CT molecular complexity index is 1220. The third-order valence-electron chi connectivity index (χ3n) is 11.0. The lowest BCUT2D eigenvalue weighted by Gasteiger charge is -2.48. The molecule has 6 fully saturated rings. The molecule has 188 valence electrons. The van der Waals surface area contributed by atoms with Crippen molar-refractivity contribution in [3.05, 3.63) is 53.5 Å². The Hall–Kier alpha value is -2.49. The summed E-state index contributed by atoms with van der Waals surface area (Å²) in [5.74, 6) is 2.89. The molecule has 4 heteroatoms. The van der Waals surface area contributed by atoms with Crippen molar-refractivity contribution in [1.29, 1.82) is 0 Å². The highest BCUT2D eigenvalue weighted by molar-refractivity contribution is 5.71. The Balaban J connectivity index is 1.38. The highest BCUT2D eigenvalue weighted by atomic mass is 15.4. The first-order chi connectivity index (χ1) is 17.4. The summed E-state index contributed by atoms with van der Waals surface area (Å²) in [6, 6.07) is 11.6. The predicted molar refractivity (Wildman–Crippen MR) is 144 cm³/mol. The summed E-state index contributed by atoms with van der Waals surface area (Å²) >= 11 is 0. The quantitative estimate of drug-likeness (QED) is 0.387. The van der Waals surface area contributed by atoms with Crippen LogP contribution < -0.4 is 4.68 Å². The molecular formula is C32H41N4+. The van der Waals surface area contributed by atoms with Gasteiger partial charge in [0.25, 0.3) is 0 Å². The maximum atomic E-state index is 5.44. The zero-order valence-electron chi connectivity index (χ0n) is 22.4. The smallest absolute Gasteiger partial charge is 0.196 e. The van der Waals surface area contributed by atoms with E-state index in [1.54, 1.807) is 0 Å². The number of hydrogen-bond acceptors (Lipinski definition) is 2. The lowest BCUT2D eigenvalue weighted by atomic mass is 9.57. The van der Waals surface area contributed by atoms with Crippen molar-refractivity contribution >= 4 is 0 Å². The summed E-state index contributed by atoms with van der Waals surface area (Å²) < 4.78 is 4.35. The molecule has 0 radical (unpaired) electrons. The van der Waals surface area contributed by atoms with Crippen LogP contribution >= 0.6 is 0 Å². The van der Waals surface area contributed by atoms with Crippen LogP contribution in [0.25, 0.3) is 22.6 Å². The molecule has 2 aromatic heterocycles. The van der Waals surface area contributed by atoms with Gasteiger partial charge in [-0.1, -0.05) is 12.1 Å². The number of aryl methyl sites for hydroxylation is 2. The Kier molecular flexibility index (Phi) is 5.21. The number of aromatic nitrogens is 4. The van der Waals surface area contributed by atoms with Crippen LogP contribution in [-0.2, 0) is 24.9 Å². The average molecular weight is 482 g/mol. The lowest BCUT2D eigenvalue weighted by molar-refractivity contribution is -0.750. The van der Waals surface area contributed by atoms with Crippen molar-refractivity contribution < 1.29 is 4.68 Å². The molecular weight excluding hydrogens is 440 g/mol. The standard InChI is InChI=1S/C32H41N4/c1-22-4-5-25(20-26(22)27-12-19-35(2)36(27)3)30-33-28(31-13-6-23(7-14-31)8-15-31)21-29(34-30)32-16-9-24(10-17-32)11-18-32/h4-5,12,19-21,23-24H,6-11,13-18H2,1-3H3/q+1. The van der Waals surface area contributed by atoms with Gasteiger partial charge >= 0.3 is 0 Å². The molecule has 1 aromatic carbocycles. The zero-order valence-corrected chi connectivity index (χ0v) is 22.4. The molecule has 0 saturated heterocycles. The van der Waals surface area contributed by atoms with Gasteiger partial charge in [0.1, 0.15) is 5.69 Å². The highest BCUT2D eigenvalue weighted by Gasteiger charge is 2.46. The molecule has 9 rings (SSSR count). The summed E-state index contributed by atoms with van der Waals surface area (Å²) in [7, 11) is 4.23. The Morgan fingerprint density at radius 1 is 0.778 bits per heavy atom. The van der Waals surface area contributed by atoms with E-state index in [0.29, 0.717) is 0 Å². The first-order valence-corrected chi connectivity index (χ1v) is 14.5. The van der Waals surface area contributed by atoms with E-state index in [1.165, 1.54) is 111 Å². The number of rotatable bonds is 4. The van der Waals surface area contributed by atoms with Crippen LogP contribution in [0.3, 0.4) is 0 Å². The van der Waals surface area contributed by atoms with Crippen molar-refractivity contribution in [2.75, 3.05) is 0 Å². The van der Waals surface area contributed by atoms with Crippen LogP contribution in [0.1, 0.15) is 94.0 Å². The maximum absolute atomic E-state index is 5.44. The minimum atomic E-state index is 0.281. The van der Waals surface area contributed by atoms with Gasteiger partial charge in [0.2, 0.25) is 0 Å². The molecule has 0 unspecified atom stereocenters. The zero-order chi connectivity index (χ0) is 24.5. The molecule has 6 saturated carbocycles. The second kappa shape index (κ2) is 8.26. The maximum Gasteiger partial charge on any atom is 0.196 e. The van der Waals surface area contributed by atoms with Gasteiger partial charge < -0.3 is 0 Å². The summed E-state index contributed by atoms with van der Waals surface area (Å²) in [5, 5.41) is 0. The number of fused-ring (bicyclic) bond motifs is 6. The van der Waals surface area contributed by atoms with E-state index in [2.05, 4.69) is 66.9 Å². The van der Waals surface area contributed by atoms with Crippen molar-refractivity contribution in [3.8, 4) is 22.6 Å². The molecule has 0 amide bonds. The van der Waals surface area contributed by atoms with Gasteiger partial charge in [-0.25, -0.2) is 9.97 Å². The van der Waals surface area contributed by atoms with E-state index in [-0.39, 0.29) is 10.8 Å². The van der Waals surface area contributed by atoms with E-state index in [0.717, 1.165) is 17.7 Å². The Morgan fingerprint density at radius 2 is 1.31 bits per heavy atom. The second-order valence-corrected chi connectivity index (χ2v) is 12.8. The first kappa shape index (κ1) is 22.7. The van der Waals surface area contributed by atoms with Crippen molar-refractivity contribution in [1.82, 2.24) is 14.6 Å². The molecule has 6 aliphatic carbocycles. The lowest BCUT2D eigenvalue weighted by Crippen LogP contribution is -2.41. The third-order valence-corrected chi connectivity index (χ3v) is 11.0. The van der Waals surface area contributed by atoms with Crippen molar-refractivity contribution in [2.24, 2.45) is 25.9 Å². The van der Waals surface area contributed by atoms with Crippen LogP contribution in [-0.4, -0.2) is 14.6 Å². The molecule has 0 spiro atoms. The topological polar surface area (TPSA) is 34.6 Å². The van der Waals surface area contributed by atoms with E-state index < -0.39 is 0 Å². The normalized spacial score (nSPS) is 31.2. The van der Waals surface area contributed by atoms with Gasteiger partial charge in [-0.15, -0.1) is 4.68 Å². The van der Waals surface area contributed by atoms with Crippen LogP contribution in [0.5, 0.6) is 0 Å². The average Bonchev–Trinajstić information content (AvgIpc) is 3.28. The summed E-state index contributed by atoms with van der Waals surface area (Å²) in [5.41, 5.74) is 8.28. The van der Waals surface area contributed by atoms with Gasteiger partial charge in [0.15, 0.2) is 19.1 Å². The van der Waals surface area contributed by atoms with E-state index in [9.17, 15) is 0 Å². The third kappa shape index (κ3) is 3.50. The van der Waals surface area contributed by atoms with Gasteiger partial charge in [0.05, 0.1) is 18.4 Å². The highest BCUT2D eigenvalue weighted by Crippen LogP contribution is 2.54. The minimum absolute atomic E-state index is 0.281. The van der Waals surface area contributed by atoms with Crippen LogP contribution in [0.15, 0.2) is 36.5 Å². The van der Waals surface area contributed by atoms with Gasteiger partial charge in [-0.2, -0.15) is 4.68 Å². The molecule has 4 bridgehead atoms. The van der Waals surface area contributed by atoms with Crippen LogP contribution in [0.2, 0.25) is 0 Å². The van der Waals surface area contributed by atoms with Crippen LogP contribution in [0, 0.1) is 18.8 Å². The molecule has 36 heavy (non-hydrogen) atoms. The fraction of sp³-hybridized carbons (Fsp3) is 0.594. The monoisotopic (exact) mass is 481 g/mol. The van der Waals surface area contributed by atoms with E-state index in [1.807, 2.05) is 0 Å². The fourth-order valence-corrected chi connectivity index (χ4v) is 8.24. The molecule has 0 N–H and O–H groups in total. The fourth-order valence-electron chi connectivity index (χ4n) is 8.24. The van der Waals surface area contributed by atoms with Crippen molar-refractivity contribution in [2.45, 2.75) is 94.8 Å². The molecule has 6 aliphatic rings. The van der Waals surface area contributed by atoms with Gasteiger partial charge in [0, 0.05) is 28.0 Å². The Labute approximate surface area is 216 Å². The summed E-state index contributed by atoms with van der Waals surface area (Å²) in [6.07, 6.45) is 18.4. The summed E-state index contributed by atoms with van der Waals surface area (Å²) in [4.78, 5) is 10.9. The van der Waals surface area contributed by atoms with Crippen LogP contribution in [0.4, 0.5) is 0 Å². The molecule has 0 atom stereocenters. The van der Waals surface area contributed by atoms with Crippen molar-refractivity contribution in [3.63, 3.8) is 0 Å².